The average Bonchev–Trinajstić information content (AvgIpc) is 2.96. The molecular weight excluding hydrogens is 294 g/mol. The first-order valence-electron chi connectivity index (χ1n) is 5.94. The molecular formula is C12H15N5O3S. The van der Waals surface area contributed by atoms with Gasteiger partial charge in [0.25, 0.3) is 5.91 Å². The lowest BCUT2D eigenvalue weighted by atomic mass is 10.3. The summed E-state index contributed by atoms with van der Waals surface area (Å²) in [5, 5.41) is 0. The number of nitrogens with two attached hydrogens (primary N) is 1. The minimum atomic E-state index is -3.46. The summed E-state index contributed by atoms with van der Waals surface area (Å²) in [6.07, 6.45) is 2.94. The number of benzene rings is 1. The number of hydrogen-bond acceptors (Lipinski definition) is 5. The quantitative estimate of drug-likeness (QED) is 0.459. The van der Waals surface area contributed by atoms with Crippen LogP contribution in [-0.2, 0) is 10.0 Å². The van der Waals surface area contributed by atoms with Crippen LogP contribution in [-0.4, -0.2) is 42.3 Å². The number of sulfonamides is 1. The molecule has 0 saturated carbocycles. The lowest BCUT2D eigenvalue weighted by molar-refractivity contribution is 0.0949. The standard InChI is InChI=1S/C12H15N5O3S/c1-16(2)21(19,20)10-5-3-9(4-6-10)17-7-11(14-8-17)12(18)15-13/h3-8H,13H2,1-2H3,(H,15,18). The molecule has 0 unspecified atom stereocenters. The molecule has 1 aromatic heterocycles. The lowest BCUT2D eigenvalue weighted by Gasteiger charge is -2.11. The van der Waals surface area contributed by atoms with Gasteiger partial charge in [-0.1, -0.05) is 0 Å². The third-order valence-electron chi connectivity index (χ3n) is 2.86. The molecule has 0 aliphatic rings. The molecule has 0 spiro atoms. The molecule has 8 nitrogen and oxygen atoms in total. The molecule has 2 aromatic rings. The number of nitrogen functional groups attached to an aromatic ring is 1. The number of hydrazine groups is 1. The number of rotatable bonds is 4. The highest BCUT2D eigenvalue weighted by atomic mass is 32.2. The van der Waals surface area contributed by atoms with Gasteiger partial charge >= 0.3 is 0 Å². The molecule has 0 aliphatic carbocycles. The fraction of sp³-hybridized carbons (Fsp3) is 0.167. The number of nitrogens with zero attached hydrogens (tertiary/aromatic N) is 3. The Balaban J connectivity index is 2.32. The van der Waals surface area contributed by atoms with Crippen LogP contribution in [0.4, 0.5) is 0 Å². The summed E-state index contributed by atoms with van der Waals surface area (Å²) in [6, 6.07) is 6.24. The van der Waals surface area contributed by atoms with Gasteiger partial charge in [0, 0.05) is 26.0 Å². The summed E-state index contributed by atoms with van der Waals surface area (Å²) in [7, 11) is -0.522. The largest absolute Gasteiger partial charge is 0.305 e. The molecule has 0 radical (unpaired) electrons. The summed E-state index contributed by atoms with van der Waals surface area (Å²) in [5.74, 6) is 4.53. The van der Waals surface area contributed by atoms with Crippen LogP contribution >= 0.6 is 0 Å². The van der Waals surface area contributed by atoms with Gasteiger partial charge in [0.05, 0.1) is 4.90 Å². The highest BCUT2D eigenvalue weighted by Crippen LogP contribution is 2.16. The first-order chi connectivity index (χ1) is 9.86. The second kappa shape index (κ2) is 5.64. The fourth-order valence-electron chi connectivity index (χ4n) is 1.66. The van der Waals surface area contributed by atoms with Crippen LogP contribution in [0.1, 0.15) is 10.5 Å². The molecule has 0 fully saturated rings. The Morgan fingerprint density at radius 3 is 2.43 bits per heavy atom. The van der Waals surface area contributed by atoms with Crippen LogP contribution in [0.15, 0.2) is 41.7 Å². The Labute approximate surface area is 122 Å². The summed E-state index contributed by atoms with van der Waals surface area (Å²) in [6.45, 7) is 0. The van der Waals surface area contributed by atoms with E-state index in [1.54, 1.807) is 16.7 Å². The second-order valence-electron chi connectivity index (χ2n) is 4.42. The first kappa shape index (κ1) is 15.2. The maximum atomic E-state index is 12.0. The third kappa shape index (κ3) is 2.94. The van der Waals surface area contributed by atoms with Crippen molar-refractivity contribution in [3.05, 3.63) is 42.5 Å². The number of amides is 1. The highest BCUT2D eigenvalue weighted by molar-refractivity contribution is 7.89. The monoisotopic (exact) mass is 309 g/mol. The average molecular weight is 309 g/mol. The summed E-state index contributed by atoms with van der Waals surface area (Å²) in [5.41, 5.74) is 2.83. The van der Waals surface area contributed by atoms with Crippen molar-refractivity contribution in [2.75, 3.05) is 14.1 Å². The second-order valence-corrected chi connectivity index (χ2v) is 6.57. The Bertz CT molecular complexity index is 749. The van der Waals surface area contributed by atoms with Crippen LogP contribution in [0, 0.1) is 0 Å². The van der Waals surface area contributed by atoms with Crippen molar-refractivity contribution in [3.8, 4) is 5.69 Å². The topological polar surface area (TPSA) is 110 Å². The number of carbonyl (C=O) groups excluding carboxylic acids is 1. The van der Waals surface area contributed by atoms with Gasteiger partial charge in [0.2, 0.25) is 10.0 Å². The van der Waals surface area contributed by atoms with Gasteiger partial charge in [-0.2, -0.15) is 0 Å². The van der Waals surface area contributed by atoms with Crippen LogP contribution in [0.2, 0.25) is 0 Å². The van der Waals surface area contributed by atoms with E-state index in [0.29, 0.717) is 5.69 Å². The van der Waals surface area contributed by atoms with E-state index in [9.17, 15) is 13.2 Å². The zero-order chi connectivity index (χ0) is 15.6. The lowest BCUT2D eigenvalue weighted by Crippen LogP contribution is -2.30. The van der Waals surface area contributed by atoms with E-state index in [1.807, 2.05) is 5.43 Å². The molecule has 1 heterocycles. The fourth-order valence-corrected chi connectivity index (χ4v) is 2.56. The molecule has 0 aliphatic heterocycles. The number of carbonyl (C=O) groups is 1. The van der Waals surface area contributed by atoms with Crippen LogP contribution < -0.4 is 11.3 Å². The molecule has 112 valence electrons. The summed E-state index contributed by atoms with van der Waals surface area (Å²) < 4.78 is 26.6. The number of imidazole rings is 1. The molecule has 1 amide bonds. The first-order valence-corrected chi connectivity index (χ1v) is 7.38. The smallest absolute Gasteiger partial charge is 0.285 e. The summed E-state index contributed by atoms with van der Waals surface area (Å²) in [4.78, 5) is 15.4. The molecule has 0 atom stereocenters. The van der Waals surface area contributed by atoms with Crippen molar-refractivity contribution in [1.29, 1.82) is 0 Å². The molecule has 9 heteroatoms. The molecule has 1 aromatic carbocycles. The summed E-state index contributed by atoms with van der Waals surface area (Å²) >= 11 is 0. The number of hydrogen-bond donors (Lipinski definition) is 2. The van der Waals surface area contributed by atoms with Crippen LogP contribution in [0.5, 0.6) is 0 Å². The van der Waals surface area contributed by atoms with Crippen molar-refractivity contribution in [1.82, 2.24) is 19.3 Å². The van der Waals surface area contributed by atoms with E-state index >= 15 is 0 Å². The van der Waals surface area contributed by atoms with Gasteiger partial charge in [-0.15, -0.1) is 0 Å². The zero-order valence-electron chi connectivity index (χ0n) is 11.5. The normalized spacial score (nSPS) is 11.6. The highest BCUT2D eigenvalue weighted by Gasteiger charge is 2.17. The number of aromatic nitrogens is 2. The van der Waals surface area contributed by atoms with E-state index in [0.717, 1.165) is 4.31 Å². The van der Waals surface area contributed by atoms with E-state index in [-0.39, 0.29) is 10.6 Å². The van der Waals surface area contributed by atoms with Crippen molar-refractivity contribution < 1.29 is 13.2 Å². The van der Waals surface area contributed by atoms with E-state index < -0.39 is 15.9 Å². The van der Waals surface area contributed by atoms with Gasteiger partial charge in [0.1, 0.15) is 12.0 Å². The van der Waals surface area contributed by atoms with Crippen LogP contribution in [0.25, 0.3) is 5.69 Å². The maximum absolute atomic E-state index is 12.0. The molecule has 0 bridgehead atoms. The Morgan fingerprint density at radius 2 is 1.90 bits per heavy atom. The predicted molar refractivity (Wildman–Crippen MR) is 76.1 cm³/mol. The Morgan fingerprint density at radius 1 is 1.29 bits per heavy atom. The molecule has 21 heavy (non-hydrogen) atoms. The van der Waals surface area contributed by atoms with E-state index in [4.69, 9.17) is 5.84 Å². The molecule has 3 N–H and O–H groups in total. The van der Waals surface area contributed by atoms with Crippen molar-refractivity contribution in [3.63, 3.8) is 0 Å². The van der Waals surface area contributed by atoms with Crippen molar-refractivity contribution in [2.24, 2.45) is 5.84 Å². The van der Waals surface area contributed by atoms with E-state index in [1.165, 1.54) is 38.8 Å². The van der Waals surface area contributed by atoms with Gasteiger partial charge in [0.15, 0.2) is 0 Å². The van der Waals surface area contributed by atoms with E-state index in [2.05, 4.69) is 4.98 Å². The number of nitrogens with one attached hydrogen (secondary N) is 1. The SMILES string of the molecule is CN(C)S(=O)(=O)c1ccc(-n2cnc(C(=O)NN)c2)cc1. The van der Waals surface area contributed by atoms with Crippen molar-refractivity contribution in [2.45, 2.75) is 4.90 Å². The zero-order valence-corrected chi connectivity index (χ0v) is 12.3. The van der Waals surface area contributed by atoms with Gasteiger partial charge < -0.3 is 4.57 Å². The minimum absolute atomic E-state index is 0.169. The maximum Gasteiger partial charge on any atom is 0.285 e. The third-order valence-corrected chi connectivity index (χ3v) is 4.69. The van der Waals surface area contributed by atoms with Crippen LogP contribution in [0.3, 0.4) is 0 Å². The Hall–Kier alpha value is -2.23. The van der Waals surface area contributed by atoms with Gasteiger partial charge in [-0.3, -0.25) is 10.2 Å². The van der Waals surface area contributed by atoms with Crippen molar-refractivity contribution >= 4 is 15.9 Å². The predicted octanol–water partition coefficient (Wildman–Crippen LogP) is -0.274. The van der Waals surface area contributed by atoms with Gasteiger partial charge in [-0.25, -0.2) is 23.5 Å². The molecule has 0 saturated heterocycles. The molecule has 2 rings (SSSR count). The Kier molecular flexibility index (Phi) is 4.07. The minimum Gasteiger partial charge on any atom is -0.305 e. The van der Waals surface area contributed by atoms with Gasteiger partial charge in [-0.05, 0) is 24.3 Å².